The predicted molar refractivity (Wildman–Crippen MR) is 79.8 cm³/mol. The molecule has 1 aliphatic heterocycles. The van der Waals surface area contributed by atoms with E-state index < -0.39 is 0 Å². The molecule has 3 heteroatoms. The number of benzene rings is 1. The number of thioether (sulfide) groups is 1. The summed E-state index contributed by atoms with van der Waals surface area (Å²) < 4.78 is 0. The van der Waals surface area contributed by atoms with Crippen molar-refractivity contribution in [2.24, 2.45) is 0 Å². The number of halogens is 1. The Morgan fingerprint density at radius 2 is 1.94 bits per heavy atom. The first kappa shape index (κ1) is 12.8. The molecule has 0 saturated heterocycles. The van der Waals surface area contributed by atoms with Gasteiger partial charge >= 0.3 is 0 Å². The van der Waals surface area contributed by atoms with Crippen LogP contribution in [0.1, 0.15) is 37.2 Å². The first-order valence-corrected chi connectivity index (χ1v) is 8.34. The molecule has 0 amide bonds. The third-order valence-electron chi connectivity index (χ3n) is 4.11. The van der Waals surface area contributed by atoms with E-state index in [-0.39, 0.29) is 0 Å². The maximum Gasteiger partial charge on any atom is 0.0337 e. The second-order valence-electron chi connectivity index (χ2n) is 5.40. The molecule has 0 spiro atoms. The highest BCUT2D eigenvalue weighted by Gasteiger charge is 2.24. The van der Waals surface area contributed by atoms with Crippen molar-refractivity contribution in [3.05, 3.63) is 29.8 Å². The van der Waals surface area contributed by atoms with E-state index in [1.165, 1.54) is 36.3 Å². The minimum absolute atomic E-state index is 0.422. The minimum Gasteiger partial charge on any atom is -0.313 e. The lowest BCUT2D eigenvalue weighted by Crippen LogP contribution is -2.36. The van der Waals surface area contributed by atoms with Gasteiger partial charge in [0.15, 0.2) is 0 Å². The van der Waals surface area contributed by atoms with Gasteiger partial charge in [0, 0.05) is 34.5 Å². The second-order valence-corrected chi connectivity index (χ2v) is 7.08. The van der Waals surface area contributed by atoms with E-state index in [2.05, 4.69) is 29.6 Å². The van der Waals surface area contributed by atoms with E-state index in [9.17, 15) is 0 Å². The normalized spacial score (nSPS) is 31.3. The van der Waals surface area contributed by atoms with E-state index in [0.29, 0.717) is 17.3 Å². The summed E-state index contributed by atoms with van der Waals surface area (Å²) in [6.07, 6.45) is 4.84. The van der Waals surface area contributed by atoms with Crippen LogP contribution >= 0.6 is 23.4 Å². The van der Waals surface area contributed by atoms with Gasteiger partial charge in [0.1, 0.15) is 0 Å². The molecule has 1 atom stereocenters. The first-order chi connectivity index (χ1) is 8.83. The summed E-state index contributed by atoms with van der Waals surface area (Å²) in [6.45, 7) is 1.13. The topological polar surface area (TPSA) is 12.0 Å². The quantitative estimate of drug-likeness (QED) is 0.840. The molecular weight excluding hydrogens is 262 g/mol. The minimum atomic E-state index is 0.422. The molecule has 0 aromatic heterocycles. The van der Waals surface area contributed by atoms with Gasteiger partial charge in [0.25, 0.3) is 0 Å². The zero-order chi connectivity index (χ0) is 12.4. The Morgan fingerprint density at radius 1 is 1.17 bits per heavy atom. The average molecular weight is 282 g/mol. The van der Waals surface area contributed by atoms with Gasteiger partial charge in [-0.1, -0.05) is 18.2 Å². The number of fused-ring (bicyclic) bond motifs is 1. The molecule has 0 bridgehead atoms. The Labute approximate surface area is 119 Å². The van der Waals surface area contributed by atoms with Crippen molar-refractivity contribution in [1.82, 2.24) is 5.32 Å². The first-order valence-electron chi connectivity index (χ1n) is 6.92. The molecule has 1 aromatic carbocycles. The smallest absolute Gasteiger partial charge is 0.0337 e. The molecule has 1 saturated carbocycles. The molecule has 1 fully saturated rings. The van der Waals surface area contributed by atoms with E-state index >= 15 is 0 Å². The van der Waals surface area contributed by atoms with E-state index in [1.54, 1.807) is 5.56 Å². The van der Waals surface area contributed by atoms with Gasteiger partial charge in [-0.2, -0.15) is 0 Å². The fraction of sp³-hybridized carbons (Fsp3) is 0.600. The third kappa shape index (κ3) is 2.87. The lowest BCUT2D eigenvalue weighted by Gasteiger charge is -2.27. The Hall–Kier alpha value is -0.180. The van der Waals surface area contributed by atoms with Crippen LogP contribution in [0.15, 0.2) is 29.2 Å². The van der Waals surface area contributed by atoms with Crippen LogP contribution in [0.25, 0.3) is 0 Å². The summed E-state index contributed by atoms with van der Waals surface area (Å²) in [7, 11) is 0. The monoisotopic (exact) mass is 281 g/mol. The van der Waals surface area contributed by atoms with Crippen LogP contribution in [0.5, 0.6) is 0 Å². The van der Waals surface area contributed by atoms with Crippen LogP contribution in [-0.4, -0.2) is 23.7 Å². The highest BCUT2D eigenvalue weighted by Crippen LogP contribution is 2.39. The van der Waals surface area contributed by atoms with Gasteiger partial charge in [-0.25, -0.2) is 0 Å². The summed E-state index contributed by atoms with van der Waals surface area (Å²) in [5.41, 5.74) is 1.54. The van der Waals surface area contributed by atoms with Gasteiger partial charge in [-0.05, 0) is 37.3 Å². The zero-order valence-corrected chi connectivity index (χ0v) is 12.1. The Kier molecular flexibility index (Phi) is 4.17. The third-order valence-corrected chi connectivity index (χ3v) is 5.80. The van der Waals surface area contributed by atoms with Gasteiger partial charge in [0.2, 0.25) is 0 Å². The van der Waals surface area contributed by atoms with Crippen LogP contribution in [0.3, 0.4) is 0 Å². The second kappa shape index (κ2) is 5.85. The maximum atomic E-state index is 6.15. The van der Waals surface area contributed by atoms with Crippen LogP contribution < -0.4 is 5.32 Å². The molecule has 98 valence electrons. The zero-order valence-electron chi connectivity index (χ0n) is 10.6. The summed E-state index contributed by atoms with van der Waals surface area (Å²) in [6, 6.07) is 9.54. The van der Waals surface area contributed by atoms with Gasteiger partial charge in [-0.3, -0.25) is 0 Å². The molecular formula is C15H20ClNS. The fourth-order valence-electron chi connectivity index (χ4n) is 2.96. The Balaban J connectivity index is 1.53. The molecule has 3 rings (SSSR count). The van der Waals surface area contributed by atoms with Crippen LogP contribution in [0.4, 0.5) is 0 Å². The van der Waals surface area contributed by atoms with Crippen LogP contribution in [0.2, 0.25) is 0 Å². The number of nitrogens with one attached hydrogen (secondary N) is 1. The highest BCUT2D eigenvalue weighted by molar-refractivity contribution is 7.99. The van der Waals surface area contributed by atoms with Crippen molar-refractivity contribution in [3.8, 4) is 0 Å². The molecule has 1 nitrogen and oxygen atoms in total. The lowest BCUT2D eigenvalue weighted by atomic mass is 9.94. The summed E-state index contributed by atoms with van der Waals surface area (Å²) in [5, 5.41) is 4.18. The summed E-state index contributed by atoms with van der Waals surface area (Å²) in [4.78, 5) is 1.48. The Morgan fingerprint density at radius 3 is 2.78 bits per heavy atom. The molecule has 1 heterocycles. The van der Waals surface area contributed by atoms with E-state index in [1.807, 2.05) is 11.8 Å². The highest BCUT2D eigenvalue weighted by atomic mass is 35.5. The summed E-state index contributed by atoms with van der Waals surface area (Å²) in [5.74, 6) is 1.93. The molecule has 1 aliphatic carbocycles. The van der Waals surface area contributed by atoms with Crippen molar-refractivity contribution in [2.75, 3.05) is 12.3 Å². The fourth-order valence-corrected chi connectivity index (χ4v) is 4.47. The predicted octanol–water partition coefficient (Wildman–Crippen LogP) is 4.02. The number of hydrogen-bond donors (Lipinski definition) is 1. The number of alkyl halides is 1. The van der Waals surface area contributed by atoms with Crippen molar-refractivity contribution < 1.29 is 0 Å². The van der Waals surface area contributed by atoms with Crippen molar-refractivity contribution in [2.45, 2.75) is 47.9 Å². The van der Waals surface area contributed by atoms with E-state index in [0.717, 1.165) is 6.54 Å². The van der Waals surface area contributed by atoms with Crippen LogP contribution in [-0.2, 0) is 0 Å². The Bertz CT molecular complexity index is 401. The number of hydrogen-bond acceptors (Lipinski definition) is 2. The molecule has 18 heavy (non-hydrogen) atoms. The molecule has 2 aliphatic rings. The largest absolute Gasteiger partial charge is 0.313 e. The maximum absolute atomic E-state index is 6.15. The number of rotatable bonds is 3. The molecule has 1 unspecified atom stereocenters. The molecule has 0 radical (unpaired) electrons. The van der Waals surface area contributed by atoms with E-state index in [4.69, 9.17) is 11.6 Å². The van der Waals surface area contributed by atoms with Crippen LogP contribution in [0, 0.1) is 0 Å². The SMILES string of the molecule is ClC1CCC(NCC2CSc3ccccc32)CC1. The lowest BCUT2D eigenvalue weighted by molar-refractivity contribution is 0.372. The molecule has 1 aromatic rings. The molecule has 1 N–H and O–H groups in total. The van der Waals surface area contributed by atoms with Gasteiger partial charge in [-0.15, -0.1) is 23.4 Å². The van der Waals surface area contributed by atoms with Gasteiger partial charge < -0.3 is 5.32 Å². The van der Waals surface area contributed by atoms with Crippen molar-refractivity contribution >= 4 is 23.4 Å². The van der Waals surface area contributed by atoms with Crippen molar-refractivity contribution in [1.29, 1.82) is 0 Å². The average Bonchev–Trinajstić information content (AvgIpc) is 2.82. The standard InChI is InChI=1S/C15H20ClNS/c16-12-5-7-13(8-6-12)17-9-11-10-18-15-4-2-1-3-14(11)15/h1-4,11-13,17H,5-10H2. The van der Waals surface area contributed by atoms with Gasteiger partial charge in [0.05, 0.1) is 0 Å². The van der Waals surface area contributed by atoms with Crippen molar-refractivity contribution in [3.63, 3.8) is 0 Å². The summed E-state index contributed by atoms with van der Waals surface area (Å²) >= 11 is 8.15.